The largest absolute Gasteiger partial charge is 0.353 e. The van der Waals surface area contributed by atoms with E-state index in [2.05, 4.69) is 38.6 Å². The summed E-state index contributed by atoms with van der Waals surface area (Å²) in [5.74, 6) is -0.211. The highest BCUT2D eigenvalue weighted by Gasteiger charge is 2.28. The standard InChI is InChI=1S/C20H20FN5S/c1-15-14-27-20(26(15)12-17-3-2-9-22-11-17)19-13-25(24-23-19)10-8-16-4-6-18(21)7-5-16/h2-7,9,11,13-14,20H,8,10,12H2,1H3. The summed E-state index contributed by atoms with van der Waals surface area (Å²) in [6.45, 7) is 3.61. The van der Waals surface area contributed by atoms with Crippen molar-refractivity contribution in [2.24, 2.45) is 0 Å². The summed E-state index contributed by atoms with van der Waals surface area (Å²) < 4.78 is 14.9. The van der Waals surface area contributed by atoms with Crippen molar-refractivity contribution in [1.82, 2.24) is 24.9 Å². The van der Waals surface area contributed by atoms with Gasteiger partial charge in [-0.1, -0.05) is 23.4 Å². The van der Waals surface area contributed by atoms with E-state index in [0.29, 0.717) is 6.54 Å². The molecule has 0 fully saturated rings. The fourth-order valence-electron chi connectivity index (χ4n) is 3.04. The molecule has 138 valence electrons. The van der Waals surface area contributed by atoms with Crippen molar-refractivity contribution in [3.8, 4) is 0 Å². The lowest BCUT2D eigenvalue weighted by Gasteiger charge is -2.26. The average Bonchev–Trinajstić information content (AvgIpc) is 3.29. The summed E-state index contributed by atoms with van der Waals surface area (Å²) in [5.41, 5.74) is 4.41. The molecule has 1 aliphatic heterocycles. The topological polar surface area (TPSA) is 46.8 Å². The predicted octanol–water partition coefficient (Wildman–Crippen LogP) is 4.16. The molecule has 0 saturated heterocycles. The van der Waals surface area contributed by atoms with Gasteiger partial charge in [0.15, 0.2) is 0 Å². The smallest absolute Gasteiger partial charge is 0.125 e. The van der Waals surface area contributed by atoms with Crippen LogP contribution in [0.3, 0.4) is 0 Å². The molecule has 5 nitrogen and oxygen atoms in total. The van der Waals surface area contributed by atoms with Gasteiger partial charge in [-0.05, 0) is 48.1 Å². The van der Waals surface area contributed by atoms with Gasteiger partial charge in [-0.3, -0.25) is 9.67 Å². The number of aromatic nitrogens is 4. The van der Waals surface area contributed by atoms with E-state index in [-0.39, 0.29) is 11.2 Å². The van der Waals surface area contributed by atoms with E-state index in [9.17, 15) is 4.39 Å². The summed E-state index contributed by atoms with van der Waals surface area (Å²) in [7, 11) is 0. The fraction of sp³-hybridized carbons (Fsp3) is 0.250. The van der Waals surface area contributed by atoms with Gasteiger partial charge in [0.1, 0.15) is 16.9 Å². The zero-order valence-electron chi connectivity index (χ0n) is 15.0. The summed E-state index contributed by atoms with van der Waals surface area (Å²) >= 11 is 1.75. The number of halogens is 1. The van der Waals surface area contributed by atoms with Crippen LogP contribution in [0.1, 0.15) is 29.1 Å². The van der Waals surface area contributed by atoms with Crippen molar-refractivity contribution in [3.63, 3.8) is 0 Å². The fourth-order valence-corrected chi connectivity index (χ4v) is 4.14. The quantitative estimate of drug-likeness (QED) is 0.641. The number of allylic oxidation sites excluding steroid dienone is 1. The van der Waals surface area contributed by atoms with Crippen LogP contribution >= 0.6 is 11.8 Å². The molecule has 1 atom stereocenters. The Labute approximate surface area is 161 Å². The third-order valence-electron chi connectivity index (χ3n) is 4.53. The molecule has 0 amide bonds. The maximum Gasteiger partial charge on any atom is 0.125 e. The number of aryl methyl sites for hydroxylation is 2. The van der Waals surface area contributed by atoms with E-state index in [4.69, 9.17) is 0 Å². The van der Waals surface area contributed by atoms with Crippen LogP contribution in [0.5, 0.6) is 0 Å². The number of pyridine rings is 1. The van der Waals surface area contributed by atoms with Gasteiger partial charge in [0.2, 0.25) is 0 Å². The van der Waals surface area contributed by atoms with Gasteiger partial charge in [-0.25, -0.2) is 4.39 Å². The predicted molar refractivity (Wildman–Crippen MR) is 104 cm³/mol. The van der Waals surface area contributed by atoms with Gasteiger partial charge in [-0.15, -0.1) is 16.9 Å². The SMILES string of the molecule is CC1=CSC(c2cn(CCc3ccc(F)cc3)nn2)N1Cc1cccnc1. The van der Waals surface area contributed by atoms with Gasteiger partial charge < -0.3 is 4.90 Å². The summed E-state index contributed by atoms with van der Waals surface area (Å²) in [4.78, 5) is 6.52. The number of rotatable bonds is 6. The molecule has 0 aliphatic carbocycles. The van der Waals surface area contributed by atoms with E-state index >= 15 is 0 Å². The molecule has 0 spiro atoms. The summed E-state index contributed by atoms with van der Waals surface area (Å²) in [5, 5.41) is 11.0. The molecule has 0 radical (unpaired) electrons. The van der Waals surface area contributed by atoms with E-state index < -0.39 is 0 Å². The van der Waals surface area contributed by atoms with Crippen molar-refractivity contribution in [2.45, 2.75) is 31.8 Å². The molecule has 0 bridgehead atoms. The third kappa shape index (κ3) is 4.19. The van der Waals surface area contributed by atoms with E-state index in [1.54, 1.807) is 18.0 Å². The molecule has 0 N–H and O–H groups in total. The Morgan fingerprint density at radius 3 is 2.78 bits per heavy atom. The molecule has 3 aromatic rings. The van der Waals surface area contributed by atoms with Crippen LogP contribution in [0.4, 0.5) is 4.39 Å². The molecule has 2 aromatic heterocycles. The highest BCUT2D eigenvalue weighted by molar-refractivity contribution is 8.02. The second kappa shape index (κ2) is 7.92. The third-order valence-corrected chi connectivity index (χ3v) is 5.76. The van der Waals surface area contributed by atoms with Crippen LogP contribution in [0.25, 0.3) is 0 Å². The minimum absolute atomic E-state index is 0.116. The molecular weight excluding hydrogens is 361 g/mol. The van der Waals surface area contributed by atoms with Crippen molar-refractivity contribution >= 4 is 11.8 Å². The monoisotopic (exact) mass is 381 g/mol. The first kappa shape index (κ1) is 17.7. The van der Waals surface area contributed by atoms with Crippen LogP contribution in [-0.4, -0.2) is 24.9 Å². The van der Waals surface area contributed by atoms with Crippen molar-refractivity contribution < 1.29 is 4.39 Å². The molecule has 3 heterocycles. The first-order chi connectivity index (χ1) is 13.2. The van der Waals surface area contributed by atoms with Gasteiger partial charge in [0, 0.05) is 31.2 Å². The van der Waals surface area contributed by atoms with Crippen LogP contribution in [-0.2, 0) is 19.5 Å². The van der Waals surface area contributed by atoms with Crippen LogP contribution in [0, 0.1) is 5.82 Å². The highest BCUT2D eigenvalue weighted by Crippen LogP contribution is 2.42. The van der Waals surface area contributed by atoms with Crippen molar-refractivity contribution in [2.75, 3.05) is 0 Å². The first-order valence-electron chi connectivity index (χ1n) is 8.81. The Morgan fingerprint density at radius 1 is 1.15 bits per heavy atom. The summed E-state index contributed by atoms with van der Waals surface area (Å²) in [6.07, 6.45) is 6.48. The normalized spacial score (nSPS) is 16.6. The molecule has 27 heavy (non-hydrogen) atoms. The van der Waals surface area contributed by atoms with Crippen LogP contribution < -0.4 is 0 Å². The molecule has 1 aromatic carbocycles. The highest BCUT2D eigenvalue weighted by atomic mass is 32.2. The summed E-state index contributed by atoms with van der Waals surface area (Å²) in [6, 6.07) is 10.6. The number of benzene rings is 1. The molecule has 1 unspecified atom stereocenters. The Morgan fingerprint density at radius 2 is 2.00 bits per heavy atom. The lowest BCUT2D eigenvalue weighted by Crippen LogP contribution is -2.21. The van der Waals surface area contributed by atoms with Gasteiger partial charge in [-0.2, -0.15) is 0 Å². The van der Waals surface area contributed by atoms with Crippen molar-refractivity contribution in [1.29, 1.82) is 0 Å². The average molecular weight is 381 g/mol. The zero-order chi connectivity index (χ0) is 18.6. The second-order valence-electron chi connectivity index (χ2n) is 6.52. The number of nitrogens with zero attached hydrogens (tertiary/aromatic N) is 5. The molecular formula is C20H20FN5S. The minimum Gasteiger partial charge on any atom is -0.353 e. The van der Waals surface area contributed by atoms with E-state index in [1.807, 2.05) is 35.3 Å². The van der Waals surface area contributed by atoms with E-state index in [1.165, 1.54) is 23.4 Å². The Bertz CT molecular complexity index is 923. The maximum absolute atomic E-state index is 13.0. The van der Waals surface area contributed by atoms with Crippen molar-refractivity contribution in [3.05, 3.63) is 88.7 Å². The van der Waals surface area contributed by atoms with E-state index in [0.717, 1.165) is 24.2 Å². The maximum atomic E-state index is 13.0. The molecule has 1 aliphatic rings. The Balaban J connectivity index is 1.43. The number of hydrogen-bond acceptors (Lipinski definition) is 5. The van der Waals surface area contributed by atoms with Crippen LogP contribution in [0.2, 0.25) is 0 Å². The molecule has 4 rings (SSSR count). The number of hydrogen-bond donors (Lipinski definition) is 0. The Hall–Kier alpha value is -2.67. The second-order valence-corrected chi connectivity index (χ2v) is 7.47. The Kier molecular flexibility index (Phi) is 5.20. The lowest BCUT2D eigenvalue weighted by molar-refractivity contribution is 0.325. The minimum atomic E-state index is -0.211. The lowest BCUT2D eigenvalue weighted by atomic mass is 10.1. The van der Waals surface area contributed by atoms with Crippen LogP contribution in [0.15, 0.2) is 66.1 Å². The zero-order valence-corrected chi connectivity index (χ0v) is 15.8. The van der Waals surface area contributed by atoms with Gasteiger partial charge in [0.05, 0.1) is 6.20 Å². The molecule has 7 heteroatoms. The first-order valence-corrected chi connectivity index (χ1v) is 9.75. The number of thioether (sulfide) groups is 1. The van der Waals surface area contributed by atoms with Gasteiger partial charge in [0.25, 0.3) is 0 Å². The molecule has 0 saturated carbocycles. The van der Waals surface area contributed by atoms with Gasteiger partial charge >= 0.3 is 0 Å².